The second kappa shape index (κ2) is 5.83. The molecular weight excluding hydrogens is 280 g/mol. The van der Waals surface area contributed by atoms with Gasteiger partial charge in [-0.05, 0) is 37.1 Å². The van der Waals surface area contributed by atoms with E-state index in [2.05, 4.69) is 11.6 Å². The van der Waals surface area contributed by atoms with Crippen LogP contribution < -0.4 is 10.5 Å². The normalized spacial score (nSPS) is 23.7. The average molecular weight is 300 g/mol. The van der Waals surface area contributed by atoms with Crippen molar-refractivity contribution in [3.63, 3.8) is 0 Å². The molecule has 3 N–H and O–H groups in total. The summed E-state index contributed by atoms with van der Waals surface area (Å²) >= 11 is 1.84. The van der Waals surface area contributed by atoms with E-state index in [-0.39, 0.29) is 11.3 Å². The zero-order valence-electron chi connectivity index (χ0n) is 11.1. The highest BCUT2D eigenvalue weighted by atomic mass is 32.2. The molecule has 0 amide bonds. The molecule has 19 heavy (non-hydrogen) atoms. The summed E-state index contributed by atoms with van der Waals surface area (Å²) in [5, 5.41) is 0. The van der Waals surface area contributed by atoms with Gasteiger partial charge in [0.2, 0.25) is 10.0 Å². The van der Waals surface area contributed by atoms with Crippen molar-refractivity contribution in [1.82, 2.24) is 4.72 Å². The Morgan fingerprint density at radius 3 is 2.79 bits per heavy atom. The van der Waals surface area contributed by atoms with Gasteiger partial charge in [0.05, 0.1) is 4.90 Å². The van der Waals surface area contributed by atoms with Gasteiger partial charge in [-0.15, -0.1) is 0 Å². The SMILES string of the molecule is CC1(CNS(=O)(=O)c2ccccc2CN)CCCS1. The molecule has 0 aromatic heterocycles. The highest BCUT2D eigenvalue weighted by Gasteiger charge is 2.31. The molecule has 1 aromatic carbocycles. The summed E-state index contributed by atoms with van der Waals surface area (Å²) < 4.78 is 27.4. The van der Waals surface area contributed by atoms with Crippen LogP contribution in [0, 0.1) is 0 Å². The van der Waals surface area contributed by atoms with Crippen molar-refractivity contribution in [1.29, 1.82) is 0 Å². The highest BCUT2D eigenvalue weighted by Crippen LogP contribution is 2.37. The molecule has 1 atom stereocenters. The highest BCUT2D eigenvalue weighted by molar-refractivity contribution is 8.01. The number of nitrogens with two attached hydrogens (primary N) is 1. The van der Waals surface area contributed by atoms with Gasteiger partial charge in [-0.2, -0.15) is 11.8 Å². The molecule has 4 nitrogen and oxygen atoms in total. The van der Waals surface area contributed by atoms with Crippen molar-refractivity contribution < 1.29 is 8.42 Å². The number of thioether (sulfide) groups is 1. The van der Waals surface area contributed by atoms with Crippen molar-refractivity contribution in [2.24, 2.45) is 5.73 Å². The van der Waals surface area contributed by atoms with E-state index in [0.717, 1.165) is 18.6 Å². The van der Waals surface area contributed by atoms with E-state index in [1.165, 1.54) is 0 Å². The zero-order chi connectivity index (χ0) is 13.9. The lowest BCUT2D eigenvalue weighted by Crippen LogP contribution is -2.37. The van der Waals surface area contributed by atoms with Crippen LogP contribution in [0.2, 0.25) is 0 Å². The number of benzene rings is 1. The van der Waals surface area contributed by atoms with Crippen molar-refractivity contribution in [2.45, 2.75) is 36.0 Å². The van der Waals surface area contributed by atoms with E-state index in [1.807, 2.05) is 11.8 Å². The molecule has 0 bridgehead atoms. The molecule has 1 aliphatic rings. The van der Waals surface area contributed by atoms with Gasteiger partial charge in [-0.3, -0.25) is 0 Å². The first-order valence-corrected chi connectivity index (χ1v) is 8.85. The molecule has 1 fully saturated rings. The Labute approximate surface area is 119 Å². The standard InChI is InChI=1S/C13H20N2O2S2/c1-13(7-4-8-18-13)10-15-19(16,17)12-6-3-2-5-11(12)9-14/h2-3,5-6,15H,4,7-10,14H2,1H3. The number of sulfonamides is 1. The first-order valence-electron chi connectivity index (χ1n) is 6.38. The van der Waals surface area contributed by atoms with Crippen molar-refractivity contribution in [2.75, 3.05) is 12.3 Å². The number of hydrogen-bond acceptors (Lipinski definition) is 4. The van der Waals surface area contributed by atoms with Crippen molar-refractivity contribution in [3.05, 3.63) is 29.8 Å². The molecule has 106 valence electrons. The van der Waals surface area contributed by atoms with Gasteiger partial charge in [0.15, 0.2) is 0 Å². The molecule has 0 saturated carbocycles. The molecule has 1 aliphatic heterocycles. The van der Waals surface area contributed by atoms with Crippen LogP contribution >= 0.6 is 11.8 Å². The largest absolute Gasteiger partial charge is 0.326 e. The summed E-state index contributed by atoms with van der Waals surface area (Å²) in [5.41, 5.74) is 6.25. The summed E-state index contributed by atoms with van der Waals surface area (Å²) in [7, 11) is -3.47. The Morgan fingerprint density at radius 2 is 2.16 bits per heavy atom. The molecule has 6 heteroatoms. The number of hydrogen-bond donors (Lipinski definition) is 2. The molecule has 0 radical (unpaired) electrons. The molecular formula is C13H20N2O2S2. The summed E-state index contributed by atoms with van der Waals surface area (Å²) in [6.45, 7) is 2.81. The maximum atomic E-state index is 12.3. The molecule has 1 saturated heterocycles. The fourth-order valence-electron chi connectivity index (χ4n) is 2.24. The first kappa shape index (κ1) is 14.8. The maximum Gasteiger partial charge on any atom is 0.240 e. The number of rotatable bonds is 5. The van der Waals surface area contributed by atoms with E-state index in [4.69, 9.17) is 5.73 Å². The lowest BCUT2D eigenvalue weighted by atomic mass is 10.1. The van der Waals surface area contributed by atoms with E-state index in [0.29, 0.717) is 17.0 Å². The van der Waals surface area contributed by atoms with Crippen LogP contribution in [0.4, 0.5) is 0 Å². The van der Waals surface area contributed by atoms with Crippen LogP contribution in [0.1, 0.15) is 25.3 Å². The van der Waals surface area contributed by atoms with Crippen LogP contribution in [0.5, 0.6) is 0 Å². The second-order valence-corrected chi connectivity index (χ2v) is 8.46. The van der Waals surface area contributed by atoms with E-state index < -0.39 is 10.0 Å². The van der Waals surface area contributed by atoms with Crippen LogP contribution in [0.15, 0.2) is 29.2 Å². The fourth-order valence-corrected chi connectivity index (χ4v) is 4.99. The predicted octanol–water partition coefficient (Wildman–Crippen LogP) is 1.71. The Kier molecular flexibility index (Phi) is 4.55. The van der Waals surface area contributed by atoms with Gasteiger partial charge in [0.25, 0.3) is 0 Å². The van der Waals surface area contributed by atoms with Crippen molar-refractivity contribution >= 4 is 21.8 Å². The van der Waals surface area contributed by atoms with Gasteiger partial charge in [-0.1, -0.05) is 18.2 Å². The number of nitrogens with one attached hydrogen (secondary N) is 1. The van der Waals surface area contributed by atoms with Crippen LogP contribution in [-0.2, 0) is 16.6 Å². The minimum Gasteiger partial charge on any atom is -0.326 e. The first-order chi connectivity index (χ1) is 8.97. The van der Waals surface area contributed by atoms with Crippen LogP contribution in [-0.4, -0.2) is 25.5 Å². The van der Waals surface area contributed by atoms with Gasteiger partial charge >= 0.3 is 0 Å². The Morgan fingerprint density at radius 1 is 1.42 bits per heavy atom. The van der Waals surface area contributed by atoms with Crippen LogP contribution in [0.25, 0.3) is 0 Å². The molecule has 1 unspecified atom stereocenters. The smallest absolute Gasteiger partial charge is 0.240 e. The Bertz CT molecular complexity index is 537. The van der Waals surface area contributed by atoms with Gasteiger partial charge in [-0.25, -0.2) is 13.1 Å². The minimum atomic E-state index is -3.47. The summed E-state index contributed by atoms with van der Waals surface area (Å²) in [4.78, 5) is 0.295. The Hall–Kier alpha value is -0.560. The summed E-state index contributed by atoms with van der Waals surface area (Å²) in [5.74, 6) is 1.11. The van der Waals surface area contributed by atoms with E-state index in [1.54, 1.807) is 24.3 Å². The average Bonchev–Trinajstić information content (AvgIpc) is 2.84. The third-order valence-corrected chi connectivity index (χ3v) is 6.46. The fraction of sp³-hybridized carbons (Fsp3) is 0.538. The third-order valence-electron chi connectivity index (χ3n) is 3.42. The lowest BCUT2D eigenvalue weighted by molar-refractivity contribution is 0.551. The molecule has 0 aliphatic carbocycles. The topological polar surface area (TPSA) is 72.2 Å². The lowest BCUT2D eigenvalue weighted by Gasteiger charge is -2.23. The Balaban J connectivity index is 2.14. The predicted molar refractivity (Wildman–Crippen MR) is 79.6 cm³/mol. The van der Waals surface area contributed by atoms with Gasteiger partial charge < -0.3 is 5.73 Å². The molecule has 1 aromatic rings. The van der Waals surface area contributed by atoms with Crippen molar-refractivity contribution in [3.8, 4) is 0 Å². The second-order valence-electron chi connectivity index (χ2n) is 5.04. The van der Waals surface area contributed by atoms with E-state index in [9.17, 15) is 8.42 Å². The molecule has 0 spiro atoms. The van der Waals surface area contributed by atoms with Gasteiger partial charge in [0.1, 0.15) is 0 Å². The van der Waals surface area contributed by atoms with Crippen LogP contribution in [0.3, 0.4) is 0 Å². The molecule has 1 heterocycles. The summed E-state index contributed by atoms with van der Waals surface area (Å²) in [6.07, 6.45) is 2.21. The quantitative estimate of drug-likeness (QED) is 0.868. The zero-order valence-corrected chi connectivity index (χ0v) is 12.7. The maximum absolute atomic E-state index is 12.3. The summed E-state index contributed by atoms with van der Waals surface area (Å²) in [6, 6.07) is 6.88. The third kappa shape index (κ3) is 3.51. The van der Waals surface area contributed by atoms with E-state index >= 15 is 0 Å². The van der Waals surface area contributed by atoms with Gasteiger partial charge in [0, 0.05) is 17.8 Å². The minimum absolute atomic E-state index is 0.0186. The monoisotopic (exact) mass is 300 g/mol. The molecule has 2 rings (SSSR count).